The van der Waals surface area contributed by atoms with E-state index >= 15 is 0 Å². The maximum atomic E-state index is 4.17. The lowest BCUT2D eigenvalue weighted by atomic mass is 10.0. The standard InChI is InChI=1S/C11H14N4S/c1-3-13-11(10-7-16-15-14-10)9-6-12-5-4-8(9)2/h4-7,11,13H,3H2,1-2H3. The highest BCUT2D eigenvalue weighted by Crippen LogP contribution is 2.22. The molecule has 0 fully saturated rings. The summed E-state index contributed by atoms with van der Waals surface area (Å²) in [7, 11) is 0. The number of pyridine rings is 1. The smallest absolute Gasteiger partial charge is 0.0970 e. The second-order valence-electron chi connectivity index (χ2n) is 3.55. The fraction of sp³-hybridized carbons (Fsp3) is 0.364. The monoisotopic (exact) mass is 234 g/mol. The van der Waals surface area contributed by atoms with Crippen molar-refractivity contribution in [2.24, 2.45) is 0 Å². The van der Waals surface area contributed by atoms with Crippen molar-refractivity contribution in [1.29, 1.82) is 0 Å². The summed E-state index contributed by atoms with van der Waals surface area (Å²) in [5.41, 5.74) is 3.34. The minimum atomic E-state index is 0.0949. The zero-order chi connectivity index (χ0) is 11.4. The molecule has 0 aromatic carbocycles. The second kappa shape index (κ2) is 5.14. The third-order valence-corrected chi connectivity index (χ3v) is 2.99. The first-order valence-corrected chi connectivity index (χ1v) is 6.07. The molecule has 0 aliphatic carbocycles. The van der Waals surface area contributed by atoms with Gasteiger partial charge in [-0.1, -0.05) is 11.4 Å². The van der Waals surface area contributed by atoms with Crippen molar-refractivity contribution in [3.05, 3.63) is 40.7 Å². The number of nitrogens with one attached hydrogen (secondary N) is 1. The van der Waals surface area contributed by atoms with Gasteiger partial charge in [-0.2, -0.15) is 0 Å². The molecule has 1 atom stereocenters. The van der Waals surface area contributed by atoms with Crippen molar-refractivity contribution in [2.75, 3.05) is 6.54 Å². The van der Waals surface area contributed by atoms with E-state index in [0.29, 0.717) is 0 Å². The lowest BCUT2D eigenvalue weighted by Gasteiger charge is -2.17. The van der Waals surface area contributed by atoms with E-state index in [1.165, 1.54) is 17.1 Å². The van der Waals surface area contributed by atoms with Gasteiger partial charge in [-0.05, 0) is 42.2 Å². The van der Waals surface area contributed by atoms with E-state index in [1.807, 2.05) is 17.6 Å². The zero-order valence-corrected chi connectivity index (χ0v) is 10.2. The molecule has 84 valence electrons. The van der Waals surface area contributed by atoms with Crippen molar-refractivity contribution in [3.63, 3.8) is 0 Å². The largest absolute Gasteiger partial charge is 0.305 e. The van der Waals surface area contributed by atoms with E-state index in [2.05, 4.69) is 33.7 Å². The summed E-state index contributed by atoms with van der Waals surface area (Å²) >= 11 is 1.37. The van der Waals surface area contributed by atoms with Crippen LogP contribution >= 0.6 is 11.5 Å². The second-order valence-corrected chi connectivity index (χ2v) is 4.16. The molecule has 4 nitrogen and oxygen atoms in total. The van der Waals surface area contributed by atoms with Crippen molar-refractivity contribution in [3.8, 4) is 0 Å². The molecule has 5 heteroatoms. The van der Waals surface area contributed by atoms with Gasteiger partial charge in [0.05, 0.1) is 11.7 Å². The quantitative estimate of drug-likeness (QED) is 0.878. The van der Waals surface area contributed by atoms with E-state index in [0.717, 1.165) is 17.8 Å². The molecule has 1 N–H and O–H groups in total. The van der Waals surface area contributed by atoms with Crippen LogP contribution in [0, 0.1) is 6.92 Å². The van der Waals surface area contributed by atoms with Crippen LogP contribution in [0.15, 0.2) is 23.8 Å². The van der Waals surface area contributed by atoms with Gasteiger partial charge in [-0.25, -0.2) is 0 Å². The zero-order valence-electron chi connectivity index (χ0n) is 9.34. The van der Waals surface area contributed by atoms with Crippen LogP contribution in [0.4, 0.5) is 0 Å². The molecular weight excluding hydrogens is 220 g/mol. The molecule has 0 saturated carbocycles. The Kier molecular flexibility index (Phi) is 3.58. The summed E-state index contributed by atoms with van der Waals surface area (Å²) in [6.07, 6.45) is 3.70. The molecule has 2 heterocycles. The van der Waals surface area contributed by atoms with Gasteiger partial charge in [-0.15, -0.1) is 5.10 Å². The van der Waals surface area contributed by atoms with Gasteiger partial charge in [0.1, 0.15) is 0 Å². The average molecular weight is 234 g/mol. The van der Waals surface area contributed by atoms with Gasteiger partial charge < -0.3 is 5.32 Å². The summed E-state index contributed by atoms with van der Waals surface area (Å²) in [6.45, 7) is 5.05. The van der Waals surface area contributed by atoms with Crippen LogP contribution in [0.3, 0.4) is 0 Å². The van der Waals surface area contributed by atoms with Crippen molar-refractivity contribution >= 4 is 11.5 Å². The molecule has 0 spiro atoms. The van der Waals surface area contributed by atoms with Gasteiger partial charge in [-0.3, -0.25) is 4.98 Å². The Balaban J connectivity index is 2.37. The highest BCUT2D eigenvalue weighted by atomic mass is 32.1. The first-order chi connectivity index (χ1) is 7.83. The Morgan fingerprint density at radius 3 is 3.00 bits per heavy atom. The molecule has 1 unspecified atom stereocenters. The Bertz CT molecular complexity index is 441. The molecule has 0 bridgehead atoms. The van der Waals surface area contributed by atoms with Crippen LogP contribution in [0.25, 0.3) is 0 Å². The number of hydrogen-bond donors (Lipinski definition) is 1. The topological polar surface area (TPSA) is 50.7 Å². The summed E-state index contributed by atoms with van der Waals surface area (Å²) in [5.74, 6) is 0. The maximum absolute atomic E-state index is 4.17. The van der Waals surface area contributed by atoms with E-state index < -0.39 is 0 Å². The highest BCUT2D eigenvalue weighted by molar-refractivity contribution is 7.03. The summed E-state index contributed by atoms with van der Waals surface area (Å²) in [6, 6.07) is 2.11. The number of hydrogen-bond acceptors (Lipinski definition) is 5. The lowest BCUT2D eigenvalue weighted by Crippen LogP contribution is -2.23. The number of aryl methyl sites for hydroxylation is 1. The van der Waals surface area contributed by atoms with Crippen LogP contribution in [0.1, 0.15) is 29.8 Å². The van der Waals surface area contributed by atoms with E-state index in [1.54, 1.807) is 6.20 Å². The fourth-order valence-electron chi connectivity index (χ4n) is 1.65. The van der Waals surface area contributed by atoms with Crippen molar-refractivity contribution in [1.82, 2.24) is 19.9 Å². The highest BCUT2D eigenvalue weighted by Gasteiger charge is 2.17. The molecule has 2 aromatic heterocycles. The molecule has 0 saturated heterocycles. The summed E-state index contributed by atoms with van der Waals surface area (Å²) in [5, 5.41) is 9.51. The number of aromatic nitrogens is 3. The van der Waals surface area contributed by atoms with Gasteiger partial charge in [0.15, 0.2) is 0 Å². The Morgan fingerprint density at radius 2 is 2.38 bits per heavy atom. The SMILES string of the molecule is CCNC(c1csnn1)c1cnccc1C. The van der Waals surface area contributed by atoms with Gasteiger partial charge in [0.25, 0.3) is 0 Å². The van der Waals surface area contributed by atoms with Gasteiger partial charge in [0.2, 0.25) is 0 Å². The minimum Gasteiger partial charge on any atom is -0.305 e. The van der Waals surface area contributed by atoms with E-state index in [-0.39, 0.29) is 6.04 Å². The molecule has 2 aromatic rings. The normalized spacial score (nSPS) is 12.6. The molecular formula is C11H14N4S. The molecule has 0 radical (unpaired) electrons. The third kappa shape index (κ3) is 2.25. The first kappa shape index (κ1) is 11.2. The van der Waals surface area contributed by atoms with E-state index in [9.17, 15) is 0 Å². The lowest BCUT2D eigenvalue weighted by molar-refractivity contribution is 0.609. The van der Waals surface area contributed by atoms with E-state index in [4.69, 9.17) is 0 Å². The summed E-state index contributed by atoms with van der Waals surface area (Å²) < 4.78 is 3.91. The van der Waals surface area contributed by atoms with Crippen molar-refractivity contribution < 1.29 is 0 Å². The van der Waals surface area contributed by atoms with Crippen LogP contribution in [0.5, 0.6) is 0 Å². The average Bonchev–Trinajstić information content (AvgIpc) is 2.80. The van der Waals surface area contributed by atoms with Crippen LogP contribution in [-0.2, 0) is 0 Å². The van der Waals surface area contributed by atoms with Gasteiger partial charge in [0, 0.05) is 17.8 Å². The van der Waals surface area contributed by atoms with Crippen molar-refractivity contribution in [2.45, 2.75) is 19.9 Å². The number of rotatable bonds is 4. The first-order valence-electron chi connectivity index (χ1n) is 5.23. The molecule has 16 heavy (non-hydrogen) atoms. The molecule has 0 aliphatic heterocycles. The molecule has 2 rings (SSSR count). The Morgan fingerprint density at radius 1 is 1.50 bits per heavy atom. The fourth-order valence-corrected chi connectivity index (χ4v) is 2.13. The third-order valence-electron chi connectivity index (χ3n) is 2.47. The summed E-state index contributed by atoms with van der Waals surface area (Å²) in [4.78, 5) is 4.17. The molecule has 0 amide bonds. The predicted molar refractivity (Wildman–Crippen MR) is 64.4 cm³/mol. The Hall–Kier alpha value is -1.33. The van der Waals surface area contributed by atoms with Crippen LogP contribution in [0.2, 0.25) is 0 Å². The maximum Gasteiger partial charge on any atom is 0.0970 e. The van der Waals surface area contributed by atoms with Gasteiger partial charge >= 0.3 is 0 Å². The predicted octanol–water partition coefficient (Wildman–Crippen LogP) is 1.94. The van der Waals surface area contributed by atoms with Crippen LogP contribution in [-0.4, -0.2) is 21.1 Å². The van der Waals surface area contributed by atoms with Crippen LogP contribution < -0.4 is 5.32 Å². The minimum absolute atomic E-state index is 0.0949. The number of nitrogens with zero attached hydrogens (tertiary/aromatic N) is 3. The molecule has 0 aliphatic rings. The Labute approximate surface area is 98.9 Å².